The largest absolute Gasteiger partial charge is 0.363 e. The molecular formula is C32H54N6O7S. The first-order valence-corrected chi connectivity index (χ1v) is 18.5. The summed E-state index contributed by atoms with van der Waals surface area (Å²) in [4.78, 5) is 67.6. The van der Waals surface area contributed by atoms with Crippen LogP contribution in [0.2, 0.25) is 0 Å². The first kappa shape index (κ1) is 36.1. The Morgan fingerprint density at radius 1 is 0.935 bits per heavy atom. The van der Waals surface area contributed by atoms with Gasteiger partial charge in [-0.05, 0) is 61.7 Å². The molecule has 0 aromatic carbocycles. The number of urea groups is 1. The molecule has 4 aliphatic rings. The van der Waals surface area contributed by atoms with Crippen LogP contribution in [0.5, 0.6) is 0 Å². The Labute approximate surface area is 273 Å². The Hall–Kier alpha value is -2.74. The molecule has 0 aromatic rings. The summed E-state index contributed by atoms with van der Waals surface area (Å²) in [5.74, 6) is -2.81. The number of sulfonamides is 1. The third-order valence-corrected chi connectivity index (χ3v) is 12.0. The molecule has 6 N–H and O–H groups in total. The molecule has 4 rings (SSSR count). The minimum absolute atomic E-state index is 0.0391. The molecule has 3 aliphatic carbocycles. The minimum Gasteiger partial charge on any atom is -0.363 e. The number of ketones is 1. The van der Waals surface area contributed by atoms with Gasteiger partial charge in [0.2, 0.25) is 27.6 Å². The molecule has 13 nitrogen and oxygen atoms in total. The summed E-state index contributed by atoms with van der Waals surface area (Å²) < 4.78 is 27.9. The van der Waals surface area contributed by atoms with Crippen LogP contribution in [0, 0.1) is 23.2 Å². The lowest BCUT2D eigenvalue weighted by Gasteiger charge is -2.40. The molecule has 4 atom stereocenters. The van der Waals surface area contributed by atoms with Crippen molar-refractivity contribution < 1.29 is 32.4 Å². The highest BCUT2D eigenvalue weighted by atomic mass is 32.2. The zero-order valence-electron chi connectivity index (χ0n) is 28.0. The van der Waals surface area contributed by atoms with Crippen LogP contribution in [0.3, 0.4) is 0 Å². The van der Waals surface area contributed by atoms with E-state index in [1.807, 2.05) is 34.6 Å². The molecule has 4 fully saturated rings. The Balaban J connectivity index is 1.51. The lowest BCUT2D eigenvalue weighted by Crippen LogP contribution is -2.64. The standard InChI is InChI=1S/C32H54N6O7S/c1-19(2)22-13-16-38(24(22)28(41)35-23(17-20-9-10-20)25(39)27(33)40)29(42)26(31(3,4)5)36-30(43)37-32(14-7-6-8-15-32)18-34-46(44,45)21-11-12-21/h19-24,26,34H,6-18H2,1-5H3,(H2,33,40)(H,35,41)(H2,36,37,43)/t22-,23?,24+,26-/m1/s1. The zero-order valence-corrected chi connectivity index (χ0v) is 28.8. The smallest absolute Gasteiger partial charge is 0.315 e. The zero-order chi connectivity index (χ0) is 34.0. The third kappa shape index (κ3) is 8.99. The van der Waals surface area contributed by atoms with E-state index < -0.39 is 68.6 Å². The summed E-state index contributed by atoms with van der Waals surface area (Å²) in [6.45, 7) is 9.82. The van der Waals surface area contributed by atoms with Crippen molar-refractivity contribution in [2.45, 2.75) is 134 Å². The topological polar surface area (TPSA) is 197 Å². The van der Waals surface area contributed by atoms with Gasteiger partial charge in [0.25, 0.3) is 5.91 Å². The minimum atomic E-state index is -3.45. The molecule has 46 heavy (non-hydrogen) atoms. The second-order valence-corrected chi connectivity index (χ2v) is 17.5. The number of rotatable bonds is 14. The summed E-state index contributed by atoms with van der Waals surface area (Å²) in [6, 6.07) is -3.52. The molecule has 3 saturated carbocycles. The number of nitrogens with two attached hydrogens (primary N) is 1. The van der Waals surface area contributed by atoms with Crippen molar-refractivity contribution in [1.29, 1.82) is 0 Å². The van der Waals surface area contributed by atoms with Crippen LogP contribution in [0.1, 0.15) is 105 Å². The van der Waals surface area contributed by atoms with Crippen molar-refractivity contribution in [3.63, 3.8) is 0 Å². The Morgan fingerprint density at radius 3 is 2.09 bits per heavy atom. The Bertz CT molecular complexity index is 1280. The van der Waals surface area contributed by atoms with Crippen LogP contribution in [0.25, 0.3) is 0 Å². The molecule has 5 amide bonds. The van der Waals surface area contributed by atoms with Gasteiger partial charge in [-0.2, -0.15) is 0 Å². The maximum Gasteiger partial charge on any atom is 0.315 e. The summed E-state index contributed by atoms with van der Waals surface area (Å²) in [5.41, 5.74) is 3.77. The average Bonchev–Trinajstić information content (AvgIpc) is 3.91. The second-order valence-electron chi connectivity index (χ2n) is 15.4. The third-order valence-electron chi connectivity index (χ3n) is 10.1. The number of carbonyl (C=O) groups excluding carboxylic acids is 5. The van der Waals surface area contributed by atoms with E-state index in [1.54, 1.807) is 0 Å². The summed E-state index contributed by atoms with van der Waals surface area (Å²) in [7, 11) is -3.45. The second kappa shape index (κ2) is 14.2. The van der Waals surface area contributed by atoms with Gasteiger partial charge in [-0.3, -0.25) is 19.2 Å². The van der Waals surface area contributed by atoms with E-state index in [0.29, 0.717) is 45.1 Å². The predicted molar refractivity (Wildman–Crippen MR) is 173 cm³/mol. The van der Waals surface area contributed by atoms with Gasteiger partial charge in [-0.25, -0.2) is 17.9 Å². The Kier molecular flexibility index (Phi) is 11.1. The number of amides is 5. The van der Waals surface area contributed by atoms with E-state index in [-0.39, 0.29) is 29.5 Å². The number of nitrogens with zero attached hydrogens (tertiary/aromatic N) is 1. The first-order chi connectivity index (χ1) is 21.4. The highest BCUT2D eigenvalue weighted by Crippen LogP contribution is 2.36. The molecule has 1 saturated heterocycles. The fourth-order valence-corrected chi connectivity index (χ4v) is 8.45. The van der Waals surface area contributed by atoms with Crippen LogP contribution >= 0.6 is 0 Å². The van der Waals surface area contributed by atoms with Crippen molar-refractivity contribution in [2.24, 2.45) is 28.9 Å². The molecule has 260 valence electrons. The maximum absolute atomic E-state index is 14.3. The quantitative estimate of drug-likeness (QED) is 0.174. The number of nitrogens with one attached hydrogen (secondary N) is 4. The van der Waals surface area contributed by atoms with Gasteiger partial charge in [0.15, 0.2) is 0 Å². The van der Waals surface area contributed by atoms with E-state index in [4.69, 9.17) is 5.73 Å². The molecule has 0 radical (unpaired) electrons. The monoisotopic (exact) mass is 666 g/mol. The van der Waals surface area contributed by atoms with Crippen LogP contribution in [-0.4, -0.2) is 84.9 Å². The summed E-state index contributed by atoms with van der Waals surface area (Å²) in [6.07, 6.45) is 7.88. The van der Waals surface area contributed by atoms with Crippen LogP contribution in [0.15, 0.2) is 0 Å². The number of primary amides is 1. The molecule has 14 heteroatoms. The molecule has 0 spiro atoms. The lowest BCUT2D eigenvalue weighted by atomic mass is 9.81. The van der Waals surface area contributed by atoms with Crippen molar-refractivity contribution in [2.75, 3.05) is 13.1 Å². The van der Waals surface area contributed by atoms with E-state index in [1.165, 1.54) is 4.90 Å². The summed E-state index contributed by atoms with van der Waals surface area (Å²) in [5, 5.41) is 8.31. The SMILES string of the molecule is CC(C)[C@H]1CCN(C(=O)[C@@H](NC(=O)NC2(CNS(=O)(=O)C3CC3)CCCCC2)C(C)(C)C)[C@@H]1C(=O)NC(CC1CC1)C(=O)C(N)=O. The average molecular weight is 667 g/mol. The fourth-order valence-electron chi connectivity index (χ4n) is 6.98. The molecule has 1 aliphatic heterocycles. The van der Waals surface area contributed by atoms with Gasteiger partial charge in [0.05, 0.1) is 16.8 Å². The van der Waals surface area contributed by atoms with E-state index >= 15 is 0 Å². The maximum atomic E-state index is 14.3. The van der Waals surface area contributed by atoms with Crippen molar-refractivity contribution in [3.05, 3.63) is 0 Å². The van der Waals surface area contributed by atoms with Crippen molar-refractivity contribution in [3.8, 4) is 0 Å². The first-order valence-electron chi connectivity index (χ1n) is 17.0. The van der Waals surface area contributed by atoms with Gasteiger partial charge in [0, 0.05) is 13.1 Å². The van der Waals surface area contributed by atoms with Gasteiger partial charge < -0.3 is 26.6 Å². The number of hydrogen-bond acceptors (Lipinski definition) is 7. The van der Waals surface area contributed by atoms with Crippen molar-refractivity contribution >= 4 is 39.6 Å². The lowest BCUT2D eigenvalue weighted by molar-refractivity contribution is -0.144. The van der Waals surface area contributed by atoms with E-state index in [9.17, 15) is 32.4 Å². The highest BCUT2D eigenvalue weighted by Gasteiger charge is 2.48. The summed E-state index contributed by atoms with van der Waals surface area (Å²) >= 11 is 0. The fraction of sp³-hybridized carbons (Fsp3) is 0.844. The highest BCUT2D eigenvalue weighted by molar-refractivity contribution is 7.90. The van der Waals surface area contributed by atoms with Crippen molar-refractivity contribution in [1.82, 2.24) is 25.6 Å². The molecule has 0 aromatic heterocycles. The van der Waals surface area contributed by atoms with Gasteiger partial charge in [0.1, 0.15) is 12.1 Å². The van der Waals surface area contributed by atoms with E-state index in [2.05, 4.69) is 20.7 Å². The Morgan fingerprint density at radius 2 is 1.57 bits per heavy atom. The van der Waals surface area contributed by atoms with Crippen LogP contribution in [0.4, 0.5) is 4.79 Å². The number of hydrogen-bond donors (Lipinski definition) is 5. The van der Waals surface area contributed by atoms with Gasteiger partial charge in [-0.1, -0.05) is 66.7 Å². The number of likely N-dealkylation sites (tertiary alicyclic amines) is 1. The van der Waals surface area contributed by atoms with Crippen LogP contribution < -0.4 is 26.4 Å². The van der Waals surface area contributed by atoms with Crippen LogP contribution in [-0.2, 0) is 29.2 Å². The number of Topliss-reactive ketones (excluding diaryl/α,β-unsaturated/α-hetero) is 1. The number of carbonyl (C=O) groups is 5. The van der Waals surface area contributed by atoms with Gasteiger partial charge >= 0.3 is 6.03 Å². The van der Waals surface area contributed by atoms with E-state index in [0.717, 1.165) is 32.1 Å². The molecular weight excluding hydrogens is 612 g/mol. The van der Waals surface area contributed by atoms with Gasteiger partial charge in [-0.15, -0.1) is 0 Å². The normalized spacial score (nSPS) is 24.6. The predicted octanol–water partition coefficient (Wildman–Crippen LogP) is 1.70. The molecule has 0 bridgehead atoms. The molecule has 1 unspecified atom stereocenters. The molecule has 1 heterocycles.